The Labute approximate surface area is 172 Å². The summed E-state index contributed by atoms with van der Waals surface area (Å²) in [5.41, 5.74) is 8.63. The first kappa shape index (κ1) is 19.1. The summed E-state index contributed by atoms with van der Waals surface area (Å²) in [7, 11) is 1.73. The summed E-state index contributed by atoms with van der Waals surface area (Å²) in [6, 6.07) is 21.3. The van der Waals surface area contributed by atoms with Crippen LogP contribution in [0.2, 0.25) is 0 Å². The summed E-state index contributed by atoms with van der Waals surface area (Å²) in [5, 5.41) is 12.7. The lowest BCUT2D eigenvalue weighted by Crippen LogP contribution is -1.98. The first-order valence-corrected chi connectivity index (χ1v) is 9.89. The van der Waals surface area contributed by atoms with E-state index in [4.69, 9.17) is 4.74 Å². The maximum atomic E-state index is 10.3. The first-order valence-electron chi connectivity index (χ1n) is 9.89. The van der Waals surface area contributed by atoms with Gasteiger partial charge in [-0.25, -0.2) is 0 Å². The number of aryl methyl sites for hydroxylation is 3. The van der Waals surface area contributed by atoms with Crippen molar-refractivity contribution in [1.29, 1.82) is 0 Å². The third-order valence-electron chi connectivity index (χ3n) is 5.77. The Kier molecular flexibility index (Phi) is 4.79. The number of hydrogen-bond donors (Lipinski definition) is 1. The van der Waals surface area contributed by atoms with Gasteiger partial charge in [0.25, 0.3) is 0 Å². The van der Waals surface area contributed by atoms with E-state index in [-0.39, 0.29) is 0 Å². The van der Waals surface area contributed by atoms with Crippen LogP contribution >= 0.6 is 0 Å². The van der Waals surface area contributed by atoms with Gasteiger partial charge in [-0.3, -0.25) is 0 Å². The molecule has 0 radical (unpaired) electrons. The quantitative estimate of drug-likeness (QED) is 0.409. The average molecular weight is 383 g/mol. The number of methoxy groups -OCH3 is 1. The van der Waals surface area contributed by atoms with E-state index in [1.54, 1.807) is 7.11 Å². The zero-order chi connectivity index (χ0) is 20.7. The van der Waals surface area contributed by atoms with Gasteiger partial charge >= 0.3 is 0 Å². The molecule has 2 heteroatoms. The van der Waals surface area contributed by atoms with E-state index in [1.165, 1.54) is 21.9 Å². The molecule has 0 spiro atoms. The molecule has 146 valence electrons. The number of phenolic OH excluding ortho intramolecular Hbond substituents is 1. The Morgan fingerprint density at radius 1 is 0.724 bits per heavy atom. The highest BCUT2D eigenvalue weighted by Crippen LogP contribution is 2.44. The molecule has 29 heavy (non-hydrogen) atoms. The van der Waals surface area contributed by atoms with Crippen LogP contribution in [0.3, 0.4) is 0 Å². The van der Waals surface area contributed by atoms with E-state index < -0.39 is 0 Å². The Balaban J connectivity index is 2.13. The number of aromatic hydroxyl groups is 1. The van der Waals surface area contributed by atoms with Gasteiger partial charge in [0.2, 0.25) is 0 Å². The molecular weight excluding hydrogens is 356 g/mol. The number of benzene rings is 4. The highest BCUT2D eigenvalue weighted by atomic mass is 16.5. The van der Waals surface area contributed by atoms with Crippen LogP contribution in [0.5, 0.6) is 11.5 Å². The molecule has 4 aromatic rings. The maximum Gasteiger partial charge on any atom is 0.125 e. The molecule has 0 aliphatic rings. The number of phenols is 1. The summed E-state index contributed by atoms with van der Waals surface area (Å²) < 4.78 is 5.77. The summed E-state index contributed by atoms with van der Waals surface area (Å²) in [4.78, 5) is 0. The zero-order valence-corrected chi connectivity index (χ0v) is 17.6. The van der Waals surface area contributed by atoms with Crippen molar-refractivity contribution >= 4 is 10.8 Å². The summed E-state index contributed by atoms with van der Waals surface area (Å²) in [6.45, 7) is 8.12. The molecule has 4 aromatic carbocycles. The highest BCUT2D eigenvalue weighted by Gasteiger charge is 2.19. The number of rotatable bonds is 3. The molecule has 0 saturated heterocycles. The van der Waals surface area contributed by atoms with Gasteiger partial charge in [0.05, 0.1) is 7.11 Å². The Bertz CT molecular complexity index is 1210. The molecule has 0 unspecified atom stereocenters. The van der Waals surface area contributed by atoms with Gasteiger partial charge < -0.3 is 9.84 Å². The van der Waals surface area contributed by atoms with Crippen LogP contribution in [0.1, 0.15) is 22.3 Å². The fraction of sp³-hybridized carbons (Fsp3) is 0.185. The van der Waals surface area contributed by atoms with Crippen LogP contribution in [0, 0.1) is 27.7 Å². The van der Waals surface area contributed by atoms with E-state index in [0.29, 0.717) is 5.75 Å². The fourth-order valence-electron chi connectivity index (χ4n) is 4.41. The monoisotopic (exact) mass is 382 g/mol. The van der Waals surface area contributed by atoms with Gasteiger partial charge in [-0.1, -0.05) is 42.5 Å². The largest absolute Gasteiger partial charge is 0.507 e. The molecule has 0 aliphatic heterocycles. The average Bonchev–Trinajstić information content (AvgIpc) is 2.71. The molecule has 0 atom stereocenters. The smallest absolute Gasteiger partial charge is 0.125 e. The van der Waals surface area contributed by atoms with Crippen LogP contribution in [-0.2, 0) is 0 Å². The van der Waals surface area contributed by atoms with Crippen molar-refractivity contribution in [2.75, 3.05) is 7.11 Å². The number of hydrogen-bond acceptors (Lipinski definition) is 2. The van der Waals surface area contributed by atoms with Crippen LogP contribution < -0.4 is 4.74 Å². The van der Waals surface area contributed by atoms with Crippen molar-refractivity contribution in [3.8, 4) is 33.8 Å². The SMILES string of the molecule is COc1c(C)cc(-c2cc(C)c(O)c(C)c2)c(-c2cccc3ccccc23)c1C. The van der Waals surface area contributed by atoms with Crippen molar-refractivity contribution in [2.45, 2.75) is 27.7 Å². The Hall–Kier alpha value is -3.26. The van der Waals surface area contributed by atoms with Crippen LogP contribution in [0.4, 0.5) is 0 Å². The minimum Gasteiger partial charge on any atom is -0.507 e. The summed E-state index contributed by atoms with van der Waals surface area (Å²) in [5.74, 6) is 1.28. The molecule has 0 amide bonds. The second-order valence-corrected chi connectivity index (χ2v) is 7.76. The molecule has 1 N–H and O–H groups in total. The predicted octanol–water partition coefficient (Wildman–Crippen LogP) is 7.12. The predicted molar refractivity (Wildman–Crippen MR) is 122 cm³/mol. The number of ether oxygens (including phenoxy) is 1. The van der Waals surface area contributed by atoms with Crippen molar-refractivity contribution in [2.24, 2.45) is 0 Å². The van der Waals surface area contributed by atoms with Crippen LogP contribution in [-0.4, -0.2) is 12.2 Å². The zero-order valence-electron chi connectivity index (χ0n) is 17.6. The molecule has 0 saturated carbocycles. The van der Waals surface area contributed by atoms with Crippen molar-refractivity contribution in [3.05, 3.63) is 82.9 Å². The second kappa shape index (κ2) is 7.29. The lowest BCUT2D eigenvalue weighted by molar-refractivity contribution is 0.409. The van der Waals surface area contributed by atoms with Gasteiger partial charge in [0, 0.05) is 0 Å². The minimum atomic E-state index is 0.363. The van der Waals surface area contributed by atoms with Crippen LogP contribution in [0.15, 0.2) is 60.7 Å². The third kappa shape index (κ3) is 3.15. The van der Waals surface area contributed by atoms with Crippen molar-refractivity contribution in [1.82, 2.24) is 0 Å². The summed E-state index contributed by atoms with van der Waals surface area (Å²) in [6.07, 6.45) is 0. The molecule has 0 aromatic heterocycles. The maximum absolute atomic E-state index is 10.3. The van der Waals surface area contributed by atoms with Crippen molar-refractivity contribution < 1.29 is 9.84 Å². The molecule has 2 nitrogen and oxygen atoms in total. The van der Waals surface area contributed by atoms with E-state index in [0.717, 1.165) is 39.1 Å². The van der Waals surface area contributed by atoms with Gasteiger partial charge in [-0.2, -0.15) is 0 Å². The van der Waals surface area contributed by atoms with E-state index in [1.807, 2.05) is 13.8 Å². The second-order valence-electron chi connectivity index (χ2n) is 7.76. The molecular formula is C27H26O2. The first-order chi connectivity index (χ1) is 13.9. The molecule has 0 fully saturated rings. The Morgan fingerprint density at radius 2 is 1.38 bits per heavy atom. The lowest BCUT2D eigenvalue weighted by atomic mass is 9.85. The minimum absolute atomic E-state index is 0.363. The van der Waals surface area contributed by atoms with Gasteiger partial charge in [0.15, 0.2) is 0 Å². The summed E-state index contributed by atoms with van der Waals surface area (Å²) >= 11 is 0. The van der Waals surface area contributed by atoms with E-state index in [2.05, 4.69) is 74.5 Å². The van der Waals surface area contributed by atoms with Crippen molar-refractivity contribution in [3.63, 3.8) is 0 Å². The van der Waals surface area contributed by atoms with E-state index in [9.17, 15) is 5.11 Å². The Morgan fingerprint density at radius 3 is 2.07 bits per heavy atom. The molecule has 4 rings (SSSR count). The number of fused-ring (bicyclic) bond motifs is 1. The van der Waals surface area contributed by atoms with Gasteiger partial charge in [-0.05, 0) is 101 Å². The lowest BCUT2D eigenvalue weighted by Gasteiger charge is -2.21. The molecule has 0 bridgehead atoms. The normalized spacial score (nSPS) is 11.1. The molecule has 0 aliphatic carbocycles. The highest BCUT2D eigenvalue weighted by molar-refractivity contribution is 6.02. The standard InChI is InChI=1S/C27H26O2/c1-16-13-21(14-17(2)26(16)28)24-15-18(3)27(29-5)19(4)25(24)23-12-8-10-20-9-6-7-11-22(20)23/h6-15,28H,1-5H3. The third-order valence-corrected chi connectivity index (χ3v) is 5.77. The fourth-order valence-corrected chi connectivity index (χ4v) is 4.41. The van der Waals surface area contributed by atoms with E-state index >= 15 is 0 Å². The van der Waals surface area contributed by atoms with Crippen LogP contribution in [0.25, 0.3) is 33.0 Å². The van der Waals surface area contributed by atoms with Gasteiger partial charge in [0.1, 0.15) is 11.5 Å². The topological polar surface area (TPSA) is 29.5 Å². The van der Waals surface area contributed by atoms with Gasteiger partial charge in [-0.15, -0.1) is 0 Å². The molecule has 0 heterocycles.